The van der Waals surface area contributed by atoms with Crippen molar-refractivity contribution in [3.05, 3.63) is 71.9 Å². The van der Waals surface area contributed by atoms with Crippen LogP contribution in [0.4, 0.5) is 8.78 Å². The molecule has 0 spiro atoms. The molecule has 0 N–H and O–H groups in total. The summed E-state index contributed by atoms with van der Waals surface area (Å²) in [6.07, 6.45) is -1.18. The molecule has 0 amide bonds. The first-order valence-corrected chi connectivity index (χ1v) is 10.1. The van der Waals surface area contributed by atoms with Crippen LogP contribution < -0.4 is 0 Å². The summed E-state index contributed by atoms with van der Waals surface area (Å²) in [5.74, 6) is 0.907. The fourth-order valence-corrected chi connectivity index (χ4v) is 3.95. The summed E-state index contributed by atoms with van der Waals surface area (Å²) in [5.41, 5.74) is 2.24. The normalized spacial score (nSPS) is 11.6. The number of furan rings is 1. The van der Waals surface area contributed by atoms with Crippen molar-refractivity contribution < 1.29 is 13.2 Å². The summed E-state index contributed by atoms with van der Waals surface area (Å²) in [7, 11) is 0. The fraction of sp³-hybridized carbons (Fsp3) is 0.150. The van der Waals surface area contributed by atoms with Crippen LogP contribution >= 0.6 is 11.8 Å². The van der Waals surface area contributed by atoms with Crippen LogP contribution in [0.5, 0.6) is 0 Å². The van der Waals surface area contributed by atoms with Gasteiger partial charge in [0.05, 0.1) is 12.8 Å². The first-order chi connectivity index (χ1) is 15.1. The molecule has 1 aromatic carbocycles. The summed E-state index contributed by atoms with van der Waals surface area (Å²) in [5, 5.41) is 21.2. The van der Waals surface area contributed by atoms with Crippen LogP contribution in [0.1, 0.15) is 23.6 Å². The maximum Gasteiger partial charge on any atom is 0.299 e. The van der Waals surface area contributed by atoms with E-state index in [1.807, 2.05) is 47.9 Å². The highest BCUT2D eigenvalue weighted by molar-refractivity contribution is 7.99. The minimum atomic E-state index is -2.78. The topological polar surface area (TPSA) is 86.9 Å². The maximum absolute atomic E-state index is 13.2. The second kappa shape index (κ2) is 7.91. The fourth-order valence-electron chi connectivity index (χ4n) is 3.16. The Morgan fingerprint density at radius 2 is 1.87 bits per heavy atom. The maximum atomic E-state index is 13.2. The highest BCUT2D eigenvalue weighted by Gasteiger charge is 2.20. The van der Waals surface area contributed by atoms with Gasteiger partial charge in [-0.2, -0.15) is 9.61 Å². The van der Waals surface area contributed by atoms with Crippen LogP contribution in [-0.4, -0.2) is 34.6 Å². The zero-order valence-corrected chi connectivity index (χ0v) is 17.0. The lowest BCUT2D eigenvalue weighted by atomic mass is 10.1. The minimum absolute atomic E-state index is 0.248. The molecule has 4 heterocycles. The first kappa shape index (κ1) is 19.4. The zero-order chi connectivity index (χ0) is 21.4. The van der Waals surface area contributed by atoms with Gasteiger partial charge in [0.15, 0.2) is 16.6 Å². The molecular weight excluding hydrogens is 424 g/mol. The van der Waals surface area contributed by atoms with E-state index in [0.29, 0.717) is 22.6 Å². The molecule has 31 heavy (non-hydrogen) atoms. The molecule has 0 saturated heterocycles. The number of halogens is 2. The average molecular weight is 439 g/mol. The van der Waals surface area contributed by atoms with Crippen molar-refractivity contribution in [3.63, 3.8) is 0 Å². The van der Waals surface area contributed by atoms with Crippen molar-refractivity contribution in [1.82, 2.24) is 34.6 Å². The largest absolute Gasteiger partial charge is 0.467 e. The van der Waals surface area contributed by atoms with E-state index in [4.69, 9.17) is 4.42 Å². The Morgan fingerprint density at radius 1 is 1.00 bits per heavy atom. The van der Waals surface area contributed by atoms with Crippen LogP contribution in [-0.2, 0) is 6.54 Å². The van der Waals surface area contributed by atoms with E-state index in [0.717, 1.165) is 21.4 Å². The number of rotatable bonds is 6. The number of hydrogen-bond acceptors (Lipinski definition) is 7. The molecule has 0 fully saturated rings. The number of nitrogens with zero attached hydrogens (tertiary/aromatic N) is 7. The van der Waals surface area contributed by atoms with E-state index in [1.165, 1.54) is 11.8 Å². The van der Waals surface area contributed by atoms with Crippen molar-refractivity contribution in [2.75, 3.05) is 0 Å². The number of benzene rings is 1. The number of fused-ring (bicyclic) bond motifs is 1. The van der Waals surface area contributed by atoms with E-state index < -0.39 is 12.2 Å². The van der Waals surface area contributed by atoms with Crippen molar-refractivity contribution in [1.29, 1.82) is 0 Å². The first-order valence-electron chi connectivity index (χ1n) is 9.30. The lowest BCUT2D eigenvalue weighted by molar-refractivity contribution is 0.137. The molecule has 0 radical (unpaired) electrons. The van der Waals surface area contributed by atoms with E-state index in [1.54, 1.807) is 18.4 Å². The second-order valence-corrected chi connectivity index (χ2v) is 7.68. The monoisotopic (exact) mass is 439 g/mol. The van der Waals surface area contributed by atoms with Gasteiger partial charge in [-0.3, -0.25) is 4.57 Å². The molecule has 11 heteroatoms. The number of aryl methyl sites for hydroxylation is 1. The van der Waals surface area contributed by atoms with Gasteiger partial charge in [0.25, 0.3) is 6.43 Å². The molecule has 0 atom stereocenters. The molecule has 4 aromatic heterocycles. The molecule has 0 aliphatic rings. The molecule has 5 rings (SSSR count). The molecule has 5 aromatic rings. The summed E-state index contributed by atoms with van der Waals surface area (Å²) in [6.45, 7) is 2.41. The van der Waals surface area contributed by atoms with Crippen molar-refractivity contribution in [2.24, 2.45) is 0 Å². The summed E-state index contributed by atoms with van der Waals surface area (Å²) in [6, 6.07) is 14.8. The highest BCUT2D eigenvalue weighted by atomic mass is 32.2. The predicted octanol–water partition coefficient (Wildman–Crippen LogP) is 4.42. The summed E-state index contributed by atoms with van der Waals surface area (Å²) >= 11 is 1.21. The van der Waals surface area contributed by atoms with Gasteiger partial charge in [-0.05, 0) is 48.5 Å². The lowest BCUT2D eigenvalue weighted by Gasteiger charge is -2.10. The third kappa shape index (κ3) is 3.67. The Hall–Kier alpha value is -3.60. The molecule has 0 bridgehead atoms. The van der Waals surface area contributed by atoms with Gasteiger partial charge < -0.3 is 4.42 Å². The van der Waals surface area contributed by atoms with E-state index in [2.05, 4.69) is 25.5 Å². The van der Waals surface area contributed by atoms with E-state index >= 15 is 0 Å². The Bertz CT molecular complexity index is 1350. The Morgan fingerprint density at radius 3 is 2.65 bits per heavy atom. The van der Waals surface area contributed by atoms with E-state index in [9.17, 15) is 8.78 Å². The molecular formula is C20H15F2N7OS. The molecule has 0 aliphatic heterocycles. The number of aromatic nitrogens is 7. The zero-order valence-electron chi connectivity index (χ0n) is 16.2. The standard InChI is InChI=1S/C20H15F2N7OS/c1-12-5-2-3-7-14(12)18-24-26-20(28(18)11-13-6-4-10-30-13)31-16-9-8-15-23-25-19(17(21)22)29(15)27-16/h2-10,17H,11H2,1H3. The Kier molecular flexibility index (Phi) is 4.94. The van der Waals surface area contributed by atoms with Crippen LogP contribution in [0.25, 0.3) is 17.0 Å². The molecule has 8 nitrogen and oxygen atoms in total. The van der Waals surface area contributed by atoms with Crippen LogP contribution in [0.2, 0.25) is 0 Å². The van der Waals surface area contributed by atoms with Gasteiger partial charge in [-0.15, -0.1) is 20.4 Å². The lowest BCUT2D eigenvalue weighted by Crippen LogP contribution is -2.05. The second-order valence-electron chi connectivity index (χ2n) is 6.69. The van der Waals surface area contributed by atoms with Crippen molar-refractivity contribution in [3.8, 4) is 11.4 Å². The molecule has 156 valence electrons. The van der Waals surface area contributed by atoms with Gasteiger partial charge in [0.2, 0.25) is 5.82 Å². The third-order valence-electron chi connectivity index (χ3n) is 4.65. The van der Waals surface area contributed by atoms with Crippen LogP contribution in [0.3, 0.4) is 0 Å². The van der Waals surface area contributed by atoms with Gasteiger partial charge in [-0.25, -0.2) is 8.78 Å². The quantitative estimate of drug-likeness (QED) is 0.387. The highest BCUT2D eigenvalue weighted by Crippen LogP contribution is 2.31. The minimum Gasteiger partial charge on any atom is -0.467 e. The Balaban J connectivity index is 1.57. The smallest absolute Gasteiger partial charge is 0.299 e. The summed E-state index contributed by atoms with van der Waals surface area (Å²) in [4.78, 5) is 0. The number of hydrogen-bond donors (Lipinski definition) is 0. The molecule has 0 unspecified atom stereocenters. The SMILES string of the molecule is Cc1ccccc1-c1nnc(Sc2ccc3nnc(C(F)F)n3n2)n1Cc1ccco1. The molecule has 0 aliphatic carbocycles. The van der Waals surface area contributed by atoms with Crippen LogP contribution in [0.15, 0.2) is 69.4 Å². The van der Waals surface area contributed by atoms with Gasteiger partial charge in [-0.1, -0.05) is 24.3 Å². The Labute approximate surface area is 178 Å². The van der Waals surface area contributed by atoms with E-state index in [-0.39, 0.29) is 5.65 Å². The van der Waals surface area contributed by atoms with Crippen molar-refractivity contribution in [2.45, 2.75) is 30.1 Å². The van der Waals surface area contributed by atoms with Crippen LogP contribution in [0, 0.1) is 6.92 Å². The summed E-state index contributed by atoms with van der Waals surface area (Å²) < 4.78 is 34.8. The third-order valence-corrected chi connectivity index (χ3v) is 5.56. The van der Waals surface area contributed by atoms with Crippen molar-refractivity contribution >= 4 is 17.4 Å². The number of alkyl halides is 2. The average Bonchev–Trinajstić information content (AvgIpc) is 3.50. The predicted molar refractivity (Wildman–Crippen MR) is 108 cm³/mol. The van der Waals surface area contributed by atoms with Gasteiger partial charge >= 0.3 is 0 Å². The van der Waals surface area contributed by atoms with Gasteiger partial charge in [0.1, 0.15) is 10.8 Å². The van der Waals surface area contributed by atoms with Gasteiger partial charge in [0, 0.05) is 5.56 Å². The molecule has 0 saturated carbocycles.